The molecule has 140 valence electrons. The standard InChI is InChI=1S/C22H22O5/c1-13-7-14(2)9-18(8-13)25-12-21(24)26-11-17-10-20(23)27-22-16(4)15(3)5-6-19(17)22/h5-10H,11-12H2,1-4H3. The first kappa shape index (κ1) is 18.7. The van der Waals surface area contributed by atoms with E-state index in [1.54, 1.807) is 0 Å². The molecule has 0 spiro atoms. The van der Waals surface area contributed by atoms with E-state index in [4.69, 9.17) is 13.9 Å². The minimum absolute atomic E-state index is 0.0142. The van der Waals surface area contributed by atoms with Crippen molar-refractivity contribution < 1.29 is 18.7 Å². The van der Waals surface area contributed by atoms with E-state index >= 15 is 0 Å². The van der Waals surface area contributed by atoms with Crippen LogP contribution in [-0.2, 0) is 16.1 Å². The molecule has 0 amide bonds. The zero-order valence-corrected chi connectivity index (χ0v) is 15.9. The summed E-state index contributed by atoms with van der Waals surface area (Å²) >= 11 is 0. The highest BCUT2D eigenvalue weighted by Crippen LogP contribution is 2.23. The quantitative estimate of drug-likeness (QED) is 0.501. The van der Waals surface area contributed by atoms with Gasteiger partial charge < -0.3 is 13.9 Å². The Balaban J connectivity index is 1.70. The Morgan fingerprint density at radius 3 is 2.41 bits per heavy atom. The Hall–Kier alpha value is -3.08. The third-order valence-electron chi connectivity index (χ3n) is 4.46. The number of hydrogen-bond donors (Lipinski definition) is 0. The second-order valence-corrected chi connectivity index (χ2v) is 6.75. The predicted molar refractivity (Wildman–Crippen MR) is 103 cm³/mol. The van der Waals surface area contributed by atoms with E-state index in [0.717, 1.165) is 27.6 Å². The molecule has 0 aliphatic carbocycles. The summed E-state index contributed by atoms with van der Waals surface area (Å²) in [6.45, 7) is 7.57. The number of fused-ring (bicyclic) bond motifs is 1. The molecule has 3 aromatic rings. The molecule has 0 atom stereocenters. The van der Waals surface area contributed by atoms with Gasteiger partial charge in [0.2, 0.25) is 0 Å². The molecule has 0 saturated heterocycles. The molecule has 0 aliphatic heterocycles. The van der Waals surface area contributed by atoms with E-state index in [2.05, 4.69) is 0 Å². The second-order valence-electron chi connectivity index (χ2n) is 6.75. The van der Waals surface area contributed by atoms with Crippen molar-refractivity contribution in [3.63, 3.8) is 0 Å². The fourth-order valence-corrected chi connectivity index (χ4v) is 3.00. The zero-order valence-electron chi connectivity index (χ0n) is 15.9. The van der Waals surface area contributed by atoms with Gasteiger partial charge in [-0.05, 0) is 62.1 Å². The Morgan fingerprint density at radius 1 is 1.00 bits per heavy atom. The summed E-state index contributed by atoms with van der Waals surface area (Å²) in [6.07, 6.45) is 0. The minimum Gasteiger partial charge on any atom is -0.482 e. The van der Waals surface area contributed by atoms with Crippen molar-refractivity contribution in [1.29, 1.82) is 0 Å². The first-order valence-corrected chi connectivity index (χ1v) is 8.73. The van der Waals surface area contributed by atoms with E-state index in [1.807, 2.05) is 58.0 Å². The maximum absolute atomic E-state index is 12.1. The van der Waals surface area contributed by atoms with Crippen LogP contribution in [0.1, 0.15) is 27.8 Å². The Labute approximate surface area is 157 Å². The van der Waals surface area contributed by atoms with Crippen molar-refractivity contribution in [2.45, 2.75) is 34.3 Å². The van der Waals surface area contributed by atoms with Crippen molar-refractivity contribution in [1.82, 2.24) is 0 Å². The summed E-state index contributed by atoms with van der Waals surface area (Å²) < 4.78 is 16.1. The van der Waals surface area contributed by atoms with Gasteiger partial charge in [-0.1, -0.05) is 18.2 Å². The molecule has 3 rings (SSSR count). The number of hydrogen-bond acceptors (Lipinski definition) is 5. The fourth-order valence-electron chi connectivity index (χ4n) is 3.00. The molecular weight excluding hydrogens is 344 g/mol. The van der Waals surface area contributed by atoms with E-state index in [9.17, 15) is 9.59 Å². The third kappa shape index (κ3) is 4.37. The number of benzene rings is 2. The van der Waals surface area contributed by atoms with Crippen LogP contribution in [0.5, 0.6) is 5.75 Å². The largest absolute Gasteiger partial charge is 0.482 e. The molecule has 1 aromatic heterocycles. The van der Waals surface area contributed by atoms with Gasteiger partial charge in [0.25, 0.3) is 0 Å². The van der Waals surface area contributed by atoms with Crippen LogP contribution in [0.2, 0.25) is 0 Å². The molecule has 0 fully saturated rings. The van der Waals surface area contributed by atoms with Crippen molar-refractivity contribution in [2.75, 3.05) is 6.61 Å². The highest BCUT2D eigenvalue weighted by Gasteiger charge is 2.12. The molecule has 1 heterocycles. The second kappa shape index (κ2) is 7.66. The van der Waals surface area contributed by atoms with Crippen LogP contribution >= 0.6 is 0 Å². The summed E-state index contributed by atoms with van der Waals surface area (Å²) in [6, 6.07) is 10.9. The third-order valence-corrected chi connectivity index (χ3v) is 4.46. The van der Waals surface area contributed by atoms with E-state index in [-0.39, 0.29) is 13.2 Å². The van der Waals surface area contributed by atoms with Gasteiger partial charge in [-0.25, -0.2) is 9.59 Å². The van der Waals surface area contributed by atoms with Crippen LogP contribution in [0.25, 0.3) is 11.0 Å². The molecule has 0 saturated carbocycles. The Morgan fingerprint density at radius 2 is 1.70 bits per heavy atom. The first-order chi connectivity index (χ1) is 12.8. The summed E-state index contributed by atoms with van der Waals surface area (Å²) in [4.78, 5) is 23.9. The number of ether oxygens (including phenoxy) is 2. The highest BCUT2D eigenvalue weighted by atomic mass is 16.6. The van der Waals surface area contributed by atoms with Gasteiger partial charge in [-0.15, -0.1) is 0 Å². The SMILES string of the molecule is Cc1cc(C)cc(OCC(=O)OCc2cc(=O)oc3c(C)c(C)ccc23)c1. The van der Waals surface area contributed by atoms with Gasteiger partial charge in [0.05, 0.1) is 0 Å². The molecule has 5 heteroatoms. The van der Waals surface area contributed by atoms with Crippen LogP contribution in [0.4, 0.5) is 0 Å². The molecule has 0 bridgehead atoms. The molecular formula is C22H22O5. The molecule has 0 aliphatic rings. The van der Waals surface area contributed by atoms with Crippen molar-refractivity contribution in [3.8, 4) is 5.75 Å². The van der Waals surface area contributed by atoms with Gasteiger partial charge in [-0.3, -0.25) is 0 Å². The maximum Gasteiger partial charge on any atom is 0.344 e. The lowest BCUT2D eigenvalue weighted by Gasteiger charge is -2.11. The number of esters is 1. The van der Waals surface area contributed by atoms with Crippen LogP contribution < -0.4 is 10.4 Å². The molecule has 0 unspecified atom stereocenters. The average molecular weight is 366 g/mol. The van der Waals surface area contributed by atoms with Crippen LogP contribution in [0, 0.1) is 27.7 Å². The summed E-state index contributed by atoms with van der Waals surface area (Å²) in [5.41, 5.74) is 4.73. The van der Waals surface area contributed by atoms with Crippen LogP contribution in [-0.4, -0.2) is 12.6 Å². The van der Waals surface area contributed by atoms with Gasteiger partial charge in [-0.2, -0.15) is 0 Å². The molecule has 27 heavy (non-hydrogen) atoms. The lowest BCUT2D eigenvalue weighted by molar-refractivity contribution is -0.147. The van der Waals surface area contributed by atoms with Crippen LogP contribution in [0.3, 0.4) is 0 Å². The fraction of sp³-hybridized carbons (Fsp3) is 0.273. The summed E-state index contributed by atoms with van der Waals surface area (Å²) in [5, 5.41) is 0.765. The van der Waals surface area contributed by atoms with Crippen molar-refractivity contribution >= 4 is 16.9 Å². The number of carbonyl (C=O) groups is 1. The number of rotatable bonds is 5. The van der Waals surface area contributed by atoms with Crippen molar-refractivity contribution in [3.05, 3.63) is 74.6 Å². The minimum atomic E-state index is -0.501. The zero-order chi connectivity index (χ0) is 19.6. The maximum atomic E-state index is 12.1. The molecule has 2 aromatic carbocycles. The topological polar surface area (TPSA) is 65.7 Å². The lowest BCUT2D eigenvalue weighted by atomic mass is 10.0. The van der Waals surface area contributed by atoms with Crippen molar-refractivity contribution in [2.24, 2.45) is 0 Å². The smallest absolute Gasteiger partial charge is 0.344 e. The van der Waals surface area contributed by atoms with Gasteiger partial charge in [0.15, 0.2) is 6.61 Å². The monoisotopic (exact) mass is 366 g/mol. The van der Waals surface area contributed by atoms with E-state index in [0.29, 0.717) is 16.9 Å². The summed E-state index contributed by atoms with van der Waals surface area (Å²) in [5.74, 6) is 0.126. The number of carbonyl (C=O) groups excluding carboxylic acids is 1. The lowest BCUT2D eigenvalue weighted by Crippen LogP contribution is -2.15. The predicted octanol–water partition coefficient (Wildman–Crippen LogP) is 4.15. The average Bonchev–Trinajstić information content (AvgIpc) is 2.60. The Kier molecular flexibility index (Phi) is 5.31. The highest BCUT2D eigenvalue weighted by molar-refractivity contribution is 5.84. The molecule has 5 nitrogen and oxygen atoms in total. The normalized spacial score (nSPS) is 10.8. The van der Waals surface area contributed by atoms with E-state index < -0.39 is 11.6 Å². The number of aryl methyl sites for hydroxylation is 4. The van der Waals surface area contributed by atoms with Gasteiger partial charge in [0.1, 0.15) is 17.9 Å². The first-order valence-electron chi connectivity index (χ1n) is 8.73. The molecule has 0 N–H and O–H groups in total. The van der Waals surface area contributed by atoms with Crippen LogP contribution in [0.15, 0.2) is 45.6 Å². The summed E-state index contributed by atoms with van der Waals surface area (Å²) in [7, 11) is 0. The van der Waals surface area contributed by atoms with Gasteiger partial charge >= 0.3 is 11.6 Å². The van der Waals surface area contributed by atoms with E-state index in [1.165, 1.54) is 6.07 Å². The molecule has 0 radical (unpaired) electrons. The van der Waals surface area contributed by atoms with Gasteiger partial charge in [0, 0.05) is 17.0 Å². The Bertz CT molecular complexity index is 1040.